The van der Waals surface area contributed by atoms with E-state index in [4.69, 9.17) is 4.74 Å². The summed E-state index contributed by atoms with van der Waals surface area (Å²) < 4.78 is 34.2. The van der Waals surface area contributed by atoms with E-state index in [0.29, 0.717) is 18.0 Å². The number of nitrogens with one attached hydrogen (secondary N) is 1. The molecule has 164 valence electrons. The van der Waals surface area contributed by atoms with Crippen molar-refractivity contribution in [3.05, 3.63) is 65.2 Å². The first kappa shape index (κ1) is 21.4. The van der Waals surface area contributed by atoms with Crippen LogP contribution in [0.2, 0.25) is 0 Å². The third kappa shape index (κ3) is 4.61. The average molecular weight is 441 g/mol. The van der Waals surface area contributed by atoms with Crippen LogP contribution in [0.15, 0.2) is 59.0 Å². The van der Waals surface area contributed by atoms with E-state index in [1.165, 1.54) is 16.3 Å². The summed E-state index contributed by atoms with van der Waals surface area (Å²) >= 11 is 0. The fourth-order valence-electron chi connectivity index (χ4n) is 3.94. The number of carbonyl (C=O) groups is 1. The molecule has 0 aromatic heterocycles. The second-order valence-electron chi connectivity index (χ2n) is 8.25. The highest BCUT2D eigenvalue weighted by molar-refractivity contribution is 7.92. The molecule has 1 aliphatic carbocycles. The maximum absolute atomic E-state index is 13.5. The summed E-state index contributed by atoms with van der Waals surface area (Å²) in [7, 11) is -3.85. The highest BCUT2D eigenvalue weighted by Gasteiger charge is 2.37. The molecule has 0 fully saturated rings. The van der Waals surface area contributed by atoms with Crippen LogP contribution in [0.1, 0.15) is 36.8 Å². The highest BCUT2D eigenvalue weighted by Crippen LogP contribution is 2.37. The first-order chi connectivity index (χ1) is 14.8. The van der Waals surface area contributed by atoms with Gasteiger partial charge >= 0.3 is 0 Å². The van der Waals surface area contributed by atoms with Gasteiger partial charge in [0, 0.05) is 6.54 Å². The lowest BCUT2D eigenvalue weighted by Gasteiger charge is -2.35. The number of nitrogens with zero attached hydrogens (tertiary/aromatic N) is 1. The lowest BCUT2D eigenvalue weighted by Crippen LogP contribution is -2.51. The fourth-order valence-corrected chi connectivity index (χ4v) is 5.41. The van der Waals surface area contributed by atoms with Crippen LogP contribution in [0.25, 0.3) is 0 Å². The molecule has 7 heteroatoms. The van der Waals surface area contributed by atoms with Gasteiger partial charge in [-0.1, -0.05) is 35.4 Å². The Bertz CT molecular complexity index is 1110. The summed E-state index contributed by atoms with van der Waals surface area (Å²) in [5.41, 5.74) is 3.57. The molecule has 0 radical (unpaired) electrons. The van der Waals surface area contributed by atoms with Gasteiger partial charge in [0.2, 0.25) is 0 Å². The van der Waals surface area contributed by atoms with Crippen LogP contribution < -0.4 is 14.4 Å². The molecule has 6 nitrogen and oxygen atoms in total. The van der Waals surface area contributed by atoms with Crippen molar-refractivity contribution in [2.75, 3.05) is 17.4 Å². The zero-order chi connectivity index (χ0) is 22.0. The quantitative estimate of drug-likeness (QED) is 0.716. The molecule has 0 bridgehead atoms. The van der Waals surface area contributed by atoms with Crippen LogP contribution >= 0.6 is 0 Å². The van der Waals surface area contributed by atoms with Crippen LogP contribution in [0.5, 0.6) is 5.75 Å². The molecule has 0 saturated carbocycles. The van der Waals surface area contributed by atoms with E-state index in [1.54, 1.807) is 36.4 Å². The molecule has 1 amide bonds. The molecular weight excluding hydrogens is 412 g/mol. The van der Waals surface area contributed by atoms with E-state index in [2.05, 4.69) is 11.4 Å². The Morgan fingerprint density at radius 3 is 2.55 bits per heavy atom. The summed E-state index contributed by atoms with van der Waals surface area (Å²) in [6.45, 7) is 4.21. The molecule has 2 aromatic rings. The lowest BCUT2D eigenvalue weighted by atomic mass is 10.00. The first-order valence-corrected chi connectivity index (χ1v) is 12.1. The van der Waals surface area contributed by atoms with Gasteiger partial charge in [0.1, 0.15) is 5.75 Å². The number of anilines is 1. The maximum Gasteiger partial charge on any atom is 0.264 e. The van der Waals surface area contributed by atoms with E-state index < -0.39 is 16.1 Å². The van der Waals surface area contributed by atoms with Crippen LogP contribution in [0, 0.1) is 13.8 Å². The van der Waals surface area contributed by atoms with Gasteiger partial charge in [-0.3, -0.25) is 9.10 Å². The van der Waals surface area contributed by atoms with Crippen molar-refractivity contribution in [1.29, 1.82) is 0 Å². The molecule has 1 atom stereocenters. The van der Waals surface area contributed by atoms with E-state index in [0.717, 1.165) is 30.4 Å². The topological polar surface area (TPSA) is 75.7 Å². The van der Waals surface area contributed by atoms with Crippen molar-refractivity contribution in [3.63, 3.8) is 0 Å². The van der Waals surface area contributed by atoms with E-state index in [1.807, 2.05) is 19.9 Å². The van der Waals surface area contributed by atoms with Crippen molar-refractivity contribution in [2.45, 2.75) is 50.5 Å². The number of fused-ring (bicyclic) bond motifs is 1. The Hall–Kier alpha value is -2.80. The smallest absolute Gasteiger partial charge is 0.264 e. The average Bonchev–Trinajstić information content (AvgIpc) is 2.77. The maximum atomic E-state index is 13.5. The number of aryl methyl sites for hydroxylation is 2. The minimum atomic E-state index is -3.85. The normalized spacial score (nSPS) is 18.6. The number of ether oxygens (including phenoxy) is 1. The molecule has 0 spiro atoms. The van der Waals surface area contributed by atoms with Crippen molar-refractivity contribution >= 4 is 21.6 Å². The summed E-state index contributed by atoms with van der Waals surface area (Å²) in [6, 6.07) is 12.1. The van der Waals surface area contributed by atoms with Crippen molar-refractivity contribution in [1.82, 2.24) is 5.32 Å². The van der Waals surface area contributed by atoms with Gasteiger partial charge in [-0.15, -0.1) is 0 Å². The minimum absolute atomic E-state index is 0.0719. The Balaban J connectivity index is 1.61. The molecule has 31 heavy (non-hydrogen) atoms. The van der Waals surface area contributed by atoms with E-state index >= 15 is 0 Å². The second kappa shape index (κ2) is 8.75. The zero-order valence-electron chi connectivity index (χ0n) is 17.9. The number of carbonyl (C=O) groups excluding carboxylic acids is 1. The van der Waals surface area contributed by atoms with Gasteiger partial charge in [0.15, 0.2) is 6.10 Å². The highest BCUT2D eigenvalue weighted by atomic mass is 32.2. The summed E-state index contributed by atoms with van der Waals surface area (Å²) in [4.78, 5) is 13.1. The number of allylic oxidation sites excluding steroid dienone is 1. The fraction of sp³-hybridized carbons (Fsp3) is 0.375. The van der Waals surface area contributed by atoms with Gasteiger partial charge in [-0.05, 0) is 69.4 Å². The zero-order valence-corrected chi connectivity index (χ0v) is 18.7. The van der Waals surface area contributed by atoms with Crippen molar-refractivity contribution in [2.24, 2.45) is 0 Å². The number of sulfonamides is 1. The second-order valence-corrected chi connectivity index (χ2v) is 10.1. The molecule has 4 rings (SSSR count). The summed E-state index contributed by atoms with van der Waals surface area (Å²) in [5.74, 6) is 0.0892. The molecule has 0 saturated heterocycles. The summed E-state index contributed by atoms with van der Waals surface area (Å²) in [6.07, 6.45) is 5.61. The molecule has 1 N–H and O–H groups in total. The number of amides is 1. The Kier molecular flexibility index (Phi) is 6.05. The summed E-state index contributed by atoms with van der Waals surface area (Å²) in [5, 5.41) is 2.93. The van der Waals surface area contributed by atoms with Crippen LogP contribution in [0.3, 0.4) is 0 Å². The molecule has 1 heterocycles. The van der Waals surface area contributed by atoms with E-state index in [-0.39, 0.29) is 17.3 Å². The monoisotopic (exact) mass is 440 g/mol. The van der Waals surface area contributed by atoms with Gasteiger partial charge in [-0.25, -0.2) is 8.42 Å². The van der Waals surface area contributed by atoms with Gasteiger partial charge in [0.05, 0.1) is 17.1 Å². The molecule has 2 aliphatic rings. The van der Waals surface area contributed by atoms with E-state index in [9.17, 15) is 13.2 Å². The lowest BCUT2D eigenvalue weighted by molar-refractivity contribution is -0.127. The van der Waals surface area contributed by atoms with Crippen molar-refractivity contribution in [3.8, 4) is 5.75 Å². The number of rotatable bonds is 5. The Morgan fingerprint density at radius 2 is 1.84 bits per heavy atom. The first-order valence-electron chi connectivity index (χ1n) is 10.7. The molecular formula is C24H28N2O4S. The van der Waals surface area contributed by atoms with Crippen LogP contribution in [-0.4, -0.2) is 33.5 Å². The molecule has 1 unspecified atom stereocenters. The third-order valence-electron chi connectivity index (χ3n) is 5.76. The Morgan fingerprint density at radius 1 is 1.10 bits per heavy atom. The van der Waals surface area contributed by atoms with Crippen LogP contribution in [0.4, 0.5) is 5.69 Å². The molecule has 1 aliphatic heterocycles. The minimum Gasteiger partial charge on any atom is -0.476 e. The SMILES string of the molecule is Cc1ccc(S(=O)(=O)N2CC(C(=O)NCC3=CCCCC3)Oc3ccc(C)cc32)cc1. The third-order valence-corrected chi connectivity index (χ3v) is 7.55. The van der Waals surface area contributed by atoms with Crippen molar-refractivity contribution < 1.29 is 17.9 Å². The predicted octanol–water partition coefficient (Wildman–Crippen LogP) is 3.88. The predicted molar refractivity (Wildman–Crippen MR) is 121 cm³/mol. The number of hydrogen-bond acceptors (Lipinski definition) is 4. The van der Waals surface area contributed by atoms with Crippen LogP contribution in [-0.2, 0) is 14.8 Å². The largest absolute Gasteiger partial charge is 0.476 e. The number of hydrogen-bond donors (Lipinski definition) is 1. The Labute approximate surface area is 184 Å². The standard InChI is InChI=1S/C24H28N2O4S/c1-17-8-11-20(12-9-17)31(28,29)26-16-23(30-22-13-10-18(2)14-21(22)26)24(27)25-15-19-6-4-3-5-7-19/h6,8-14,23H,3-5,7,15-16H2,1-2H3,(H,25,27). The van der Waals surface area contributed by atoms with Gasteiger partial charge in [0.25, 0.3) is 15.9 Å². The van der Waals surface area contributed by atoms with Gasteiger partial charge in [-0.2, -0.15) is 0 Å². The molecule has 2 aromatic carbocycles. The van der Waals surface area contributed by atoms with Gasteiger partial charge < -0.3 is 10.1 Å². The number of benzene rings is 2.